The number of imidazole rings is 1. The van der Waals surface area contributed by atoms with Crippen molar-refractivity contribution in [1.29, 1.82) is 0 Å². The SMILES string of the molecule is CN(Cc1ncc[nH]1)Cc1ccc2n(c1=O)C[C@H]1C[C@@H]2CN(Cc2ccc(F)cc2)C1. The maximum Gasteiger partial charge on any atom is 0.255 e. The van der Waals surface area contributed by atoms with E-state index in [0.29, 0.717) is 24.9 Å². The van der Waals surface area contributed by atoms with Crippen LogP contribution in [0, 0.1) is 11.7 Å². The zero-order valence-corrected chi connectivity index (χ0v) is 17.8. The Balaban J connectivity index is 1.30. The van der Waals surface area contributed by atoms with Crippen molar-refractivity contribution in [2.45, 2.75) is 38.5 Å². The number of nitrogens with one attached hydrogen (secondary N) is 1. The van der Waals surface area contributed by atoms with Crippen LogP contribution in [0.25, 0.3) is 0 Å². The van der Waals surface area contributed by atoms with Crippen LogP contribution in [0.3, 0.4) is 0 Å². The number of hydrogen-bond donors (Lipinski definition) is 1. The molecule has 4 heterocycles. The Labute approximate surface area is 181 Å². The molecule has 0 unspecified atom stereocenters. The molecule has 0 saturated carbocycles. The zero-order valence-electron chi connectivity index (χ0n) is 17.8. The minimum absolute atomic E-state index is 0.144. The molecule has 31 heavy (non-hydrogen) atoms. The van der Waals surface area contributed by atoms with Gasteiger partial charge in [0.1, 0.15) is 11.6 Å². The van der Waals surface area contributed by atoms with E-state index in [0.717, 1.165) is 55.2 Å². The van der Waals surface area contributed by atoms with E-state index in [1.165, 1.54) is 12.1 Å². The molecule has 5 rings (SSSR count). The van der Waals surface area contributed by atoms with E-state index in [4.69, 9.17) is 0 Å². The molecular formula is C24H28FN5O. The Morgan fingerprint density at radius 3 is 2.74 bits per heavy atom. The highest BCUT2D eigenvalue weighted by Gasteiger charge is 2.34. The number of H-pyrrole nitrogens is 1. The molecular weight excluding hydrogens is 393 g/mol. The molecule has 1 aromatic carbocycles. The summed E-state index contributed by atoms with van der Waals surface area (Å²) in [5.74, 6) is 1.55. The maximum absolute atomic E-state index is 13.3. The average Bonchev–Trinajstić information content (AvgIpc) is 3.25. The first-order chi connectivity index (χ1) is 15.0. The van der Waals surface area contributed by atoms with E-state index in [1.807, 2.05) is 36.0 Å². The number of hydrogen-bond acceptors (Lipinski definition) is 4. The lowest BCUT2D eigenvalue weighted by molar-refractivity contribution is 0.114. The number of aromatic nitrogens is 3. The van der Waals surface area contributed by atoms with Gasteiger partial charge in [-0.15, -0.1) is 0 Å². The van der Waals surface area contributed by atoms with Crippen LogP contribution in [0.5, 0.6) is 0 Å². The Hall–Kier alpha value is -2.77. The maximum atomic E-state index is 13.3. The summed E-state index contributed by atoms with van der Waals surface area (Å²) in [6.45, 7) is 4.80. The van der Waals surface area contributed by atoms with Gasteiger partial charge in [0.25, 0.3) is 5.56 Å². The van der Waals surface area contributed by atoms with Crippen molar-refractivity contribution in [2.24, 2.45) is 5.92 Å². The molecule has 0 amide bonds. The van der Waals surface area contributed by atoms with E-state index in [2.05, 4.69) is 25.8 Å². The fourth-order valence-electron chi connectivity index (χ4n) is 5.17. The van der Waals surface area contributed by atoms with E-state index in [-0.39, 0.29) is 11.4 Å². The first kappa shape index (κ1) is 20.2. The standard InChI is InChI=1S/C24H28FN5O/c1-28(16-23-26-8-9-27-23)14-19-4-7-22-20-10-18(13-30(22)24(19)31)12-29(15-20)11-17-2-5-21(25)6-3-17/h2-9,18,20H,10-16H2,1H3,(H,26,27)/t18-,20+/m0/s1. The minimum atomic E-state index is -0.196. The van der Waals surface area contributed by atoms with Gasteiger partial charge < -0.3 is 9.55 Å². The van der Waals surface area contributed by atoms with Crippen LogP contribution < -0.4 is 5.56 Å². The summed E-state index contributed by atoms with van der Waals surface area (Å²) in [4.78, 5) is 25.2. The lowest BCUT2D eigenvalue weighted by atomic mass is 9.82. The number of benzene rings is 1. The molecule has 0 radical (unpaired) electrons. The summed E-state index contributed by atoms with van der Waals surface area (Å²) < 4.78 is 15.2. The van der Waals surface area contributed by atoms with Gasteiger partial charge in [0.05, 0.1) is 6.54 Å². The smallest absolute Gasteiger partial charge is 0.255 e. The summed E-state index contributed by atoms with van der Waals surface area (Å²) in [5, 5.41) is 0. The highest BCUT2D eigenvalue weighted by atomic mass is 19.1. The van der Waals surface area contributed by atoms with E-state index < -0.39 is 0 Å². The van der Waals surface area contributed by atoms with Gasteiger partial charge in [-0.25, -0.2) is 9.37 Å². The Morgan fingerprint density at radius 2 is 1.97 bits per heavy atom. The van der Waals surface area contributed by atoms with Gasteiger partial charge in [0.2, 0.25) is 0 Å². The van der Waals surface area contributed by atoms with E-state index >= 15 is 0 Å². The molecule has 3 aromatic rings. The van der Waals surface area contributed by atoms with Crippen LogP contribution >= 0.6 is 0 Å². The molecule has 7 heteroatoms. The van der Waals surface area contributed by atoms with Gasteiger partial charge in [0, 0.05) is 62.3 Å². The second kappa shape index (κ2) is 8.40. The first-order valence-electron chi connectivity index (χ1n) is 10.9. The molecule has 0 aliphatic carbocycles. The van der Waals surface area contributed by atoms with Crippen LogP contribution in [0.15, 0.2) is 53.6 Å². The van der Waals surface area contributed by atoms with Gasteiger partial charge in [-0.1, -0.05) is 18.2 Å². The minimum Gasteiger partial charge on any atom is -0.348 e. The normalized spacial score (nSPS) is 20.7. The number of aromatic amines is 1. The number of likely N-dealkylation sites (tertiary alicyclic amines) is 1. The number of rotatable bonds is 6. The van der Waals surface area contributed by atoms with Gasteiger partial charge in [-0.05, 0) is 43.1 Å². The van der Waals surface area contributed by atoms with Crippen LogP contribution in [0.2, 0.25) is 0 Å². The van der Waals surface area contributed by atoms with E-state index in [1.54, 1.807) is 6.20 Å². The van der Waals surface area contributed by atoms with Crippen molar-refractivity contribution < 1.29 is 4.39 Å². The summed E-state index contributed by atoms with van der Waals surface area (Å²) in [6, 6.07) is 10.9. The third-order valence-electron chi connectivity index (χ3n) is 6.49. The van der Waals surface area contributed by atoms with Crippen molar-refractivity contribution in [3.63, 3.8) is 0 Å². The molecule has 162 valence electrons. The first-order valence-corrected chi connectivity index (χ1v) is 10.9. The summed E-state index contributed by atoms with van der Waals surface area (Å²) in [5.41, 5.74) is 3.27. The van der Waals surface area contributed by atoms with Gasteiger partial charge in [0.15, 0.2) is 0 Å². The quantitative estimate of drug-likeness (QED) is 0.665. The number of piperidine rings is 1. The molecule has 0 spiro atoms. The molecule has 1 fully saturated rings. The van der Waals surface area contributed by atoms with Crippen LogP contribution in [0.1, 0.15) is 35.0 Å². The Kier molecular flexibility index (Phi) is 5.46. The molecule has 2 aromatic heterocycles. The van der Waals surface area contributed by atoms with Gasteiger partial charge in [-0.3, -0.25) is 14.6 Å². The third kappa shape index (κ3) is 4.34. The summed E-state index contributed by atoms with van der Waals surface area (Å²) >= 11 is 0. The fourth-order valence-corrected chi connectivity index (χ4v) is 5.17. The second-order valence-electron chi connectivity index (χ2n) is 9.03. The van der Waals surface area contributed by atoms with Crippen molar-refractivity contribution >= 4 is 0 Å². The van der Waals surface area contributed by atoms with Crippen LogP contribution in [-0.2, 0) is 26.2 Å². The predicted molar refractivity (Wildman–Crippen MR) is 117 cm³/mol. The highest BCUT2D eigenvalue weighted by Crippen LogP contribution is 2.35. The topological polar surface area (TPSA) is 57.2 Å². The predicted octanol–water partition coefficient (Wildman–Crippen LogP) is 2.96. The van der Waals surface area contributed by atoms with Crippen LogP contribution in [0.4, 0.5) is 4.39 Å². The van der Waals surface area contributed by atoms with Gasteiger partial charge >= 0.3 is 0 Å². The lowest BCUT2D eigenvalue weighted by Gasteiger charge is -2.43. The molecule has 6 nitrogen and oxygen atoms in total. The number of pyridine rings is 1. The Bertz CT molecular complexity index is 1090. The Morgan fingerprint density at radius 1 is 1.13 bits per heavy atom. The molecule has 2 atom stereocenters. The number of fused-ring (bicyclic) bond motifs is 4. The van der Waals surface area contributed by atoms with Crippen LogP contribution in [-0.4, -0.2) is 44.5 Å². The fraction of sp³-hybridized carbons (Fsp3) is 0.417. The average molecular weight is 422 g/mol. The second-order valence-corrected chi connectivity index (χ2v) is 9.03. The van der Waals surface area contributed by atoms with Gasteiger partial charge in [-0.2, -0.15) is 0 Å². The largest absolute Gasteiger partial charge is 0.348 e. The molecule has 2 aliphatic heterocycles. The molecule has 1 N–H and O–H groups in total. The van der Waals surface area contributed by atoms with Crippen molar-refractivity contribution in [3.8, 4) is 0 Å². The molecule has 2 aliphatic rings. The van der Waals surface area contributed by atoms with Crippen molar-refractivity contribution in [1.82, 2.24) is 24.3 Å². The number of nitrogens with zero attached hydrogens (tertiary/aromatic N) is 4. The zero-order chi connectivity index (χ0) is 21.4. The third-order valence-corrected chi connectivity index (χ3v) is 6.49. The molecule has 1 saturated heterocycles. The summed E-state index contributed by atoms with van der Waals surface area (Å²) in [7, 11) is 2.01. The van der Waals surface area contributed by atoms with E-state index in [9.17, 15) is 9.18 Å². The van der Waals surface area contributed by atoms with Crippen molar-refractivity contribution in [3.05, 3.63) is 87.6 Å². The number of halogens is 1. The highest BCUT2D eigenvalue weighted by molar-refractivity contribution is 5.23. The summed E-state index contributed by atoms with van der Waals surface area (Å²) in [6.07, 6.45) is 4.70. The van der Waals surface area contributed by atoms with Crippen molar-refractivity contribution in [2.75, 3.05) is 20.1 Å². The monoisotopic (exact) mass is 421 g/mol. The lowest BCUT2D eigenvalue weighted by Crippen LogP contribution is -2.47. The molecule has 2 bridgehead atoms.